The molecule has 140 valence electrons. The Balaban J connectivity index is 1.75. The number of hydrogen-bond acceptors (Lipinski definition) is 4. The monoisotopic (exact) mass is 429 g/mol. The second-order valence-electron chi connectivity index (χ2n) is 6.06. The number of rotatable bonds is 4. The van der Waals surface area contributed by atoms with Gasteiger partial charge in [-0.05, 0) is 35.5 Å². The van der Waals surface area contributed by atoms with Gasteiger partial charge in [0.2, 0.25) is 0 Å². The van der Waals surface area contributed by atoms with Gasteiger partial charge in [0.05, 0.1) is 26.0 Å². The van der Waals surface area contributed by atoms with Crippen LogP contribution in [0.4, 0.5) is 4.79 Å². The van der Waals surface area contributed by atoms with Crippen molar-refractivity contribution >= 4 is 63.2 Å². The first-order valence-corrected chi connectivity index (χ1v) is 9.85. The number of aromatic nitrogens is 2. The van der Waals surface area contributed by atoms with E-state index in [4.69, 9.17) is 28.2 Å². The van der Waals surface area contributed by atoms with Crippen LogP contribution in [0.3, 0.4) is 0 Å². The quantitative estimate of drug-likeness (QED) is 0.437. The molecule has 1 saturated heterocycles. The van der Waals surface area contributed by atoms with Crippen molar-refractivity contribution in [2.45, 2.75) is 6.54 Å². The lowest BCUT2D eigenvalue weighted by Crippen LogP contribution is -2.17. The Morgan fingerprint density at radius 1 is 1.14 bits per heavy atom. The molecule has 1 aliphatic rings. The van der Waals surface area contributed by atoms with Crippen LogP contribution in [-0.2, 0) is 11.3 Å². The Kier molecular flexibility index (Phi) is 5.02. The summed E-state index contributed by atoms with van der Waals surface area (Å²) in [5, 5.41) is 2.80. The summed E-state index contributed by atoms with van der Waals surface area (Å²) >= 11 is 13.2. The number of halogens is 2. The van der Waals surface area contributed by atoms with Gasteiger partial charge in [-0.25, -0.2) is 4.98 Å². The highest BCUT2D eigenvalue weighted by atomic mass is 35.5. The van der Waals surface area contributed by atoms with Crippen LogP contribution in [0.1, 0.15) is 5.56 Å². The van der Waals surface area contributed by atoms with Crippen molar-refractivity contribution in [1.29, 1.82) is 0 Å². The number of hydrogen-bond donors (Lipinski definition) is 1. The summed E-state index contributed by atoms with van der Waals surface area (Å²) in [5.74, 6) is 0.385. The maximum atomic E-state index is 11.7. The zero-order valence-electron chi connectivity index (χ0n) is 14.4. The first-order valence-electron chi connectivity index (χ1n) is 8.28. The third-order valence-corrected chi connectivity index (χ3v) is 5.74. The maximum Gasteiger partial charge on any atom is 0.290 e. The number of imidazole rings is 1. The number of carbonyl (C=O) groups is 2. The number of thioether (sulfide) groups is 1. The number of fused-ring (bicyclic) bond motifs is 1. The lowest BCUT2D eigenvalue weighted by Gasteiger charge is -2.07. The van der Waals surface area contributed by atoms with Crippen molar-refractivity contribution in [3.63, 3.8) is 0 Å². The van der Waals surface area contributed by atoms with E-state index in [0.717, 1.165) is 39.7 Å². The van der Waals surface area contributed by atoms with E-state index in [1.807, 2.05) is 28.8 Å². The van der Waals surface area contributed by atoms with Crippen LogP contribution in [-0.4, -0.2) is 20.7 Å². The molecule has 2 heterocycles. The highest BCUT2D eigenvalue weighted by molar-refractivity contribution is 8.18. The van der Waals surface area contributed by atoms with Crippen molar-refractivity contribution in [3.8, 4) is 11.4 Å². The predicted molar refractivity (Wildman–Crippen MR) is 114 cm³/mol. The van der Waals surface area contributed by atoms with Gasteiger partial charge in [-0.1, -0.05) is 53.5 Å². The maximum absolute atomic E-state index is 11.7. The van der Waals surface area contributed by atoms with E-state index in [1.54, 1.807) is 24.3 Å². The van der Waals surface area contributed by atoms with E-state index >= 15 is 0 Å². The molecule has 0 spiro atoms. The van der Waals surface area contributed by atoms with Crippen LogP contribution in [0, 0.1) is 0 Å². The van der Waals surface area contributed by atoms with Gasteiger partial charge in [0.1, 0.15) is 5.82 Å². The Morgan fingerprint density at radius 2 is 1.86 bits per heavy atom. The highest BCUT2D eigenvalue weighted by Gasteiger charge is 2.24. The van der Waals surface area contributed by atoms with Crippen LogP contribution in [0.25, 0.3) is 28.5 Å². The van der Waals surface area contributed by atoms with E-state index in [0.29, 0.717) is 21.5 Å². The fraction of sp³-hybridized carbons (Fsp3) is 0.0500. The summed E-state index contributed by atoms with van der Waals surface area (Å²) in [5.41, 5.74) is 3.32. The lowest BCUT2D eigenvalue weighted by atomic mass is 10.1. The molecule has 5 nitrogen and oxygen atoms in total. The zero-order chi connectivity index (χ0) is 19.8. The van der Waals surface area contributed by atoms with E-state index in [9.17, 15) is 9.59 Å². The van der Waals surface area contributed by atoms with Crippen molar-refractivity contribution in [2.75, 3.05) is 0 Å². The Hall–Kier alpha value is -2.54. The van der Waals surface area contributed by atoms with Crippen LogP contribution < -0.4 is 5.32 Å². The van der Waals surface area contributed by atoms with Crippen LogP contribution in [0.15, 0.2) is 54.0 Å². The molecule has 8 heteroatoms. The summed E-state index contributed by atoms with van der Waals surface area (Å²) in [4.78, 5) is 28.0. The van der Waals surface area contributed by atoms with Crippen LogP contribution in [0.2, 0.25) is 10.0 Å². The van der Waals surface area contributed by atoms with Crippen molar-refractivity contribution < 1.29 is 9.59 Å². The van der Waals surface area contributed by atoms with Crippen molar-refractivity contribution in [3.05, 3.63) is 69.6 Å². The van der Waals surface area contributed by atoms with E-state index in [2.05, 4.69) is 11.9 Å². The molecule has 28 heavy (non-hydrogen) atoms. The molecule has 0 aliphatic carbocycles. The van der Waals surface area contributed by atoms with Gasteiger partial charge >= 0.3 is 0 Å². The molecule has 1 aromatic heterocycles. The van der Waals surface area contributed by atoms with Gasteiger partial charge in [-0.2, -0.15) is 0 Å². The predicted octanol–water partition coefficient (Wildman–Crippen LogP) is 5.52. The van der Waals surface area contributed by atoms with Gasteiger partial charge in [0.25, 0.3) is 11.1 Å². The number of nitrogens with zero attached hydrogens (tertiary/aromatic N) is 2. The smallest absolute Gasteiger partial charge is 0.290 e. The molecule has 0 saturated carbocycles. The molecule has 1 N–H and O–H groups in total. The summed E-state index contributed by atoms with van der Waals surface area (Å²) in [7, 11) is 0. The number of allylic oxidation sites excluding steroid dienone is 1. The molecule has 2 amide bonds. The van der Waals surface area contributed by atoms with Gasteiger partial charge in [-0.15, -0.1) is 6.58 Å². The molecule has 0 unspecified atom stereocenters. The second-order valence-corrected chi connectivity index (χ2v) is 7.89. The van der Waals surface area contributed by atoms with Gasteiger partial charge < -0.3 is 4.57 Å². The standard InChI is InChI=1S/C20H13Cl2N3O2S/c1-2-7-25-16-10-14(22)13(21)9-15(16)23-18(25)12-5-3-11(4-6-12)8-17-19(26)24-20(27)28-17/h2-6,8-10H,1,7H2,(H,24,26,27)/b17-8-. The minimum Gasteiger partial charge on any atom is -0.320 e. The first kappa shape index (κ1) is 18.8. The number of benzene rings is 2. The Morgan fingerprint density at radius 3 is 2.50 bits per heavy atom. The molecule has 0 atom stereocenters. The molecule has 0 bridgehead atoms. The topological polar surface area (TPSA) is 64.0 Å². The molecule has 3 aromatic rings. The number of nitrogens with one attached hydrogen (secondary N) is 1. The number of amides is 2. The minimum atomic E-state index is -0.374. The fourth-order valence-electron chi connectivity index (χ4n) is 2.96. The first-order chi connectivity index (χ1) is 13.5. The highest BCUT2D eigenvalue weighted by Crippen LogP contribution is 2.32. The second kappa shape index (κ2) is 7.47. The molecular weight excluding hydrogens is 417 g/mol. The number of imide groups is 1. The third kappa shape index (κ3) is 3.46. The minimum absolute atomic E-state index is 0.358. The number of carbonyl (C=O) groups excluding carboxylic acids is 2. The fourth-order valence-corrected chi connectivity index (χ4v) is 3.95. The Labute approximate surface area is 175 Å². The molecule has 1 fully saturated rings. The molecule has 4 rings (SSSR count). The normalized spacial score (nSPS) is 15.4. The van der Waals surface area contributed by atoms with Gasteiger partial charge in [-0.3, -0.25) is 14.9 Å². The molecular formula is C20H13Cl2N3O2S. The van der Waals surface area contributed by atoms with Gasteiger partial charge in [0, 0.05) is 12.1 Å². The summed E-state index contributed by atoms with van der Waals surface area (Å²) in [6.45, 7) is 4.38. The SMILES string of the molecule is C=CCn1c(-c2ccc(/C=C3\SC(=O)NC3=O)cc2)nc2cc(Cl)c(Cl)cc21. The molecule has 0 radical (unpaired) electrons. The zero-order valence-corrected chi connectivity index (χ0v) is 16.7. The van der Waals surface area contributed by atoms with E-state index < -0.39 is 0 Å². The third-order valence-electron chi connectivity index (χ3n) is 4.21. The molecule has 1 aliphatic heterocycles. The summed E-state index contributed by atoms with van der Waals surface area (Å²) < 4.78 is 2.01. The van der Waals surface area contributed by atoms with E-state index in [-0.39, 0.29) is 11.1 Å². The average molecular weight is 430 g/mol. The summed E-state index contributed by atoms with van der Waals surface area (Å²) in [6, 6.07) is 11.1. The van der Waals surface area contributed by atoms with Crippen LogP contribution in [0.5, 0.6) is 0 Å². The Bertz CT molecular complexity index is 1170. The largest absolute Gasteiger partial charge is 0.320 e. The van der Waals surface area contributed by atoms with Crippen molar-refractivity contribution in [1.82, 2.24) is 14.9 Å². The summed E-state index contributed by atoms with van der Waals surface area (Å²) in [6.07, 6.45) is 3.47. The van der Waals surface area contributed by atoms with Crippen LogP contribution >= 0.6 is 35.0 Å². The lowest BCUT2D eigenvalue weighted by molar-refractivity contribution is -0.115. The van der Waals surface area contributed by atoms with Crippen molar-refractivity contribution in [2.24, 2.45) is 0 Å². The average Bonchev–Trinajstić information content (AvgIpc) is 3.16. The molecule has 2 aromatic carbocycles. The van der Waals surface area contributed by atoms with Gasteiger partial charge in [0.15, 0.2) is 0 Å². The van der Waals surface area contributed by atoms with E-state index in [1.165, 1.54) is 0 Å².